The first-order valence-electron chi connectivity index (χ1n) is 4.98. The van der Waals surface area contributed by atoms with Crippen LogP contribution in [0.15, 0.2) is 34.9 Å². The Kier molecular flexibility index (Phi) is 3.44. The van der Waals surface area contributed by atoms with Gasteiger partial charge in [-0.2, -0.15) is 5.26 Å². The molecule has 4 nitrogen and oxygen atoms in total. The number of hydrogen-bond donors (Lipinski definition) is 2. The molecule has 1 aromatic heterocycles. The van der Waals surface area contributed by atoms with Gasteiger partial charge in [0, 0.05) is 11.9 Å². The topological polar surface area (TPSA) is 74.7 Å². The summed E-state index contributed by atoms with van der Waals surface area (Å²) in [6.45, 7) is 0. The van der Waals surface area contributed by atoms with E-state index in [0.29, 0.717) is 27.2 Å². The molecule has 0 aliphatic carbocycles. The molecule has 0 bridgehead atoms. The minimum Gasteiger partial charge on any atom is -0.396 e. The summed E-state index contributed by atoms with van der Waals surface area (Å²) in [5, 5.41) is 11.6. The third-order valence-electron chi connectivity index (χ3n) is 2.23. The Morgan fingerprint density at radius 2 is 2.17 bits per heavy atom. The molecule has 0 aliphatic heterocycles. The van der Waals surface area contributed by atoms with Crippen LogP contribution >= 0.6 is 15.9 Å². The third kappa shape index (κ3) is 2.57. The normalized spacial score (nSPS) is 9.83. The van der Waals surface area contributed by atoms with Crippen molar-refractivity contribution in [3.63, 3.8) is 0 Å². The molecule has 2 aromatic rings. The van der Waals surface area contributed by atoms with Crippen LogP contribution in [0, 0.1) is 17.1 Å². The molecular weight excluding hydrogens is 299 g/mol. The van der Waals surface area contributed by atoms with Gasteiger partial charge in [0.2, 0.25) is 0 Å². The Labute approximate surface area is 111 Å². The molecular formula is C12H8BrFN4. The Morgan fingerprint density at radius 1 is 1.39 bits per heavy atom. The van der Waals surface area contributed by atoms with E-state index in [-0.39, 0.29) is 5.82 Å². The van der Waals surface area contributed by atoms with Crippen molar-refractivity contribution in [3.05, 3.63) is 46.3 Å². The molecule has 6 heteroatoms. The standard InChI is InChI=1S/C12H8BrFN4/c13-9-4-8(1-2-10(9)14)18-12-11(16)3-7(5-15)6-17-12/h1-4,6H,16H2,(H,17,18). The second-order valence-corrected chi connectivity index (χ2v) is 4.38. The fourth-order valence-electron chi connectivity index (χ4n) is 1.36. The Bertz CT molecular complexity index is 636. The van der Waals surface area contributed by atoms with Crippen LogP contribution < -0.4 is 11.1 Å². The summed E-state index contributed by atoms with van der Waals surface area (Å²) >= 11 is 3.09. The molecule has 3 N–H and O–H groups in total. The third-order valence-corrected chi connectivity index (χ3v) is 2.84. The fourth-order valence-corrected chi connectivity index (χ4v) is 1.74. The molecule has 18 heavy (non-hydrogen) atoms. The molecule has 90 valence electrons. The molecule has 1 heterocycles. The van der Waals surface area contributed by atoms with Crippen molar-refractivity contribution in [2.45, 2.75) is 0 Å². The van der Waals surface area contributed by atoms with Crippen molar-refractivity contribution in [2.24, 2.45) is 0 Å². The number of nitrogens with two attached hydrogens (primary N) is 1. The predicted octanol–water partition coefficient (Wildman–Crippen LogP) is 3.18. The van der Waals surface area contributed by atoms with Crippen molar-refractivity contribution in [2.75, 3.05) is 11.1 Å². The Balaban J connectivity index is 2.29. The van der Waals surface area contributed by atoms with Gasteiger partial charge < -0.3 is 11.1 Å². The smallest absolute Gasteiger partial charge is 0.153 e. The average molecular weight is 307 g/mol. The van der Waals surface area contributed by atoms with E-state index < -0.39 is 0 Å². The zero-order chi connectivity index (χ0) is 13.1. The summed E-state index contributed by atoms with van der Waals surface area (Å²) in [7, 11) is 0. The Morgan fingerprint density at radius 3 is 2.78 bits per heavy atom. The number of hydrogen-bond acceptors (Lipinski definition) is 4. The fraction of sp³-hybridized carbons (Fsp3) is 0. The lowest BCUT2D eigenvalue weighted by molar-refractivity contribution is 0.621. The van der Waals surface area contributed by atoms with Crippen LogP contribution in [0.25, 0.3) is 0 Å². The summed E-state index contributed by atoms with van der Waals surface area (Å²) < 4.78 is 13.4. The molecule has 2 rings (SSSR count). The van der Waals surface area contributed by atoms with Crippen LogP contribution in [0.3, 0.4) is 0 Å². The van der Waals surface area contributed by atoms with Crippen molar-refractivity contribution in [1.82, 2.24) is 4.98 Å². The largest absolute Gasteiger partial charge is 0.396 e. The van der Waals surface area contributed by atoms with Crippen molar-refractivity contribution < 1.29 is 4.39 Å². The lowest BCUT2D eigenvalue weighted by Gasteiger charge is -2.08. The number of nitriles is 1. The second-order valence-electron chi connectivity index (χ2n) is 3.53. The summed E-state index contributed by atoms with van der Waals surface area (Å²) in [6, 6.07) is 7.94. The number of anilines is 3. The van der Waals surface area contributed by atoms with E-state index in [4.69, 9.17) is 11.0 Å². The first-order valence-corrected chi connectivity index (χ1v) is 5.77. The van der Waals surface area contributed by atoms with Gasteiger partial charge in [-0.1, -0.05) is 0 Å². The summed E-state index contributed by atoms with van der Waals surface area (Å²) in [5.41, 5.74) is 7.14. The van der Waals surface area contributed by atoms with E-state index in [2.05, 4.69) is 26.2 Å². The SMILES string of the molecule is N#Cc1cnc(Nc2ccc(F)c(Br)c2)c(N)c1. The number of nitrogens with one attached hydrogen (secondary N) is 1. The van der Waals surface area contributed by atoms with Crippen LogP contribution in [0.4, 0.5) is 21.6 Å². The molecule has 0 atom stereocenters. The molecule has 0 unspecified atom stereocenters. The number of rotatable bonds is 2. The summed E-state index contributed by atoms with van der Waals surface area (Å²) in [6.07, 6.45) is 1.41. The highest BCUT2D eigenvalue weighted by molar-refractivity contribution is 9.10. The maximum atomic E-state index is 13.1. The first-order chi connectivity index (χ1) is 8.60. The maximum absolute atomic E-state index is 13.1. The average Bonchev–Trinajstić information content (AvgIpc) is 2.36. The summed E-state index contributed by atoms with van der Waals surface area (Å²) in [5.74, 6) is 0.0776. The van der Waals surface area contributed by atoms with Gasteiger partial charge in [-0.25, -0.2) is 9.37 Å². The van der Waals surface area contributed by atoms with E-state index in [1.165, 1.54) is 18.3 Å². The second kappa shape index (κ2) is 5.02. The lowest BCUT2D eigenvalue weighted by Crippen LogP contribution is -2.00. The van der Waals surface area contributed by atoms with Crippen molar-refractivity contribution in [3.8, 4) is 6.07 Å². The zero-order valence-electron chi connectivity index (χ0n) is 9.11. The van der Waals surface area contributed by atoms with Crippen LogP contribution in [-0.2, 0) is 0 Å². The van der Waals surface area contributed by atoms with Crippen LogP contribution in [0.5, 0.6) is 0 Å². The van der Waals surface area contributed by atoms with Gasteiger partial charge in [-0.05, 0) is 40.2 Å². The molecule has 0 saturated carbocycles. The highest BCUT2D eigenvalue weighted by Gasteiger charge is 2.05. The lowest BCUT2D eigenvalue weighted by atomic mass is 10.2. The molecule has 0 spiro atoms. The number of aromatic nitrogens is 1. The number of pyridine rings is 1. The van der Waals surface area contributed by atoms with Gasteiger partial charge in [0.1, 0.15) is 11.9 Å². The van der Waals surface area contributed by atoms with E-state index in [0.717, 1.165) is 0 Å². The number of nitrogens with zero attached hydrogens (tertiary/aromatic N) is 2. The first kappa shape index (κ1) is 12.3. The minimum atomic E-state index is -0.346. The molecule has 1 aromatic carbocycles. The molecule has 0 saturated heterocycles. The minimum absolute atomic E-state index is 0.346. The quantitative estimate of drug-likeness (QED) is 0.893. The van der Waals surface area contributed by atoms with E-state index in [9.17, 15) is 4.39 Å². The number of nitrogen functional groups attached to an aromatic ring is 1. The van der Waals surface area contributed by atoms with E-state index in [1.807, 2.05) is 6.07 Å². The van der Waals surface area contributed by atoms with Gasteiger partial charge >= 0.3 is 0 Å². The molecule has 0 aliphatic rings. The zero-order valence-corrected chi connectivity index (χ0v) is 10.7. The molecule has 0 radical (unpaired) electrons. The Hall–Kier alpha value is -2.13. The maximum Gasteiger partial charge on any atom is 0.153 e. The number of halogens is 2. The highest BCUT2D eigenvalue weighted by atomic mass is 79.9. The van der Waals surface area contributed by atoms with Gasteiger partial charge in [0.15, 0.2) is 5.82 Å². The van der Waals surface area contributed by atoms with Crippen LogP contribution in [0.2, 0.25) is 0 Å². The van der Waals surface area contributed by atoms with Crippen LogP contribution in [-0.4, -0.2) is 4.98 Å². The van der Waals surface area contributed by atoms with Gasteiger partial charge in [0.05, 0.1) is 15.7 Å². The summed E-state index contributed by atoms with van der Waals surface area (Å²) in [4.78, 5) is 4.03. The molecule has 0 amide bonds. The van der Waals surface area contributed by atoms with Gasteiger partial charge in [0.25, 0.3) is 0 Å². The van der Waals surface area contributed by atoms with Crippen molar-refractivity contribution in [1.29, 1.82) is 5.26 Å². The monoisotopic (exact) mass is 306 g/mol. The highest BCUT2D eigenvalue weighted by Crippen LogP contribution is 2.25. The molecule has 0 fully saturated rings. The van der Waals surface area contributed by atoms with Crippen LogP contribution in [0.1, 0.15) is 5.56 Å². The van der Waals surface area contributed by atoms with Gasteiger partial charge in [-0.3, -0.25) is 0 Å². The van der Waals surface area contributed by atoms with E-state index in [1.54, 1.807) is 12.1 Å². The predicted molar refractivity (Wildman–Crippen MR) is 70.7 cm³/mol. The van der Waals surface area contributed by atoms with Crippen molar-refractivity contribution >= 4 is 33.1 Å². The van der Waals surface area contributed by atoms with E-state index >= 15 is 0 Å². The van der Waals surface area contributed by atoms with Gasteiger partial charge in [-0.15, -0.1) is 0 Å². The number of benzene rings is 1.